The number of benzene rings is 8. The molecule has 0 saturated carbocycles. The molecule has 0 radical (unpaired) electrons. The van der Waals surface area contributed by atoms with E-state index in [4.69, 9.17) is 9.90 Å². The summed E-state index contributed by atoms with van der Waals surface area (Å²) in [6, 6.07) is 35.5. The molecule has 0 saturated heterocycles. The van der Waals surface area contributed by atoms with Gasteiger partial charge in [-0.15, -0.1) is 0 Å². The van der Waals surface area contributed by atoms with Gasteiger partial charge in [0.1, 0.15) is 11.2 Å². The lowest BCUT2D eigenvalue weighted by molar-refractivity contribution is 0.669. The molecule has 0 unspecified atom stereocenters. The Morgan fingerprint density at radius 3 is 1.58 bits per heavy atom. The van der Waals surface area contributed by atoms with E-state index in [9.17, 15) is 5.48 Å². The van der Waals surface area contributed by atoms with Gasteiger partial charge in [0.05, 0.1) is 11.0 Å². The van der Waals surface area contributed by atoms with Gasteiger partial charge in [-0.2, -0.15) is 0 Å². The lowest BCUT2D eigenvalue weighted by Crippen LogP contribution is -1.92. The molecule has 0 aliphatic rings. The molecule has 1 heterocycles. The second-order valence-corrected chi connectivity index (χ2v) is 11.1. The molecule has 45 heavy (non-hydrogen) atoms. The van der Waals surface area contributed by atoms with Gasteiger partial charge in [0.25, 0.3) is 0 Å². The van der Waals surface area contributed by atoms with Crippen LogP contribution in [0.25, 0.3) is 88.0 Å². The molecule has 1 nitrogen and oxygen atoms in total. The van der Waals surface area contributed by atoms with Crippen LogP contribution < -0.4 is 0 Å². The van der Waals surface area contributed by atoms with Crippen LogP contribution in [0.3, 0.4) is 0 Å². The van der Waals surface area contributed by atoms with Crippen molar-refractivity contribution in [3.05, 3.63) is 170 Å². The Kier molecular flexibility index (Phi) is 4.30. The van der Waals surface area contributed by atoms with Gasteiger partial charge in [-0.05, 0) is 90.3 Å². The smallest absolute Gasteiger partial charge is 0.136 e. The molecule has 0 atom stereocenters. The van der Waals surface area contributed by atoms with Crippen LogP contribution in [0, 0.1) is 0 Å². The second-order valence-electron chi connectivity index (χ2n) is 11.1. The highest BCUT2D eigenvalue weighted by Gasteiger charge is 2.20. The van der Waals surface area contributed by atoms with Crippen LogP contribution in [0.1, 0.15) is 11.0 Å². The van der Waals surface area contributed by atoms with Crippen LogP contribution in [-0.2, 0) is 0 Å². The number of hydrogen-bond donors (Lipinski definition) is 0. The van der Waals surface area contributed by atoms with Crippen molar-refractivity contribution in [3.63, 3.8) is 0 Å². The highest BCUT2D eigenvalue weighted by Crippen LogP contribution is 2.47. The fourth-order valence-corrected chi connectivity index (χ4v) is 6.53. The van der Waals surface area contributed by atoms with Gasteiger partial charge in [-0.1, -0.05) is 145 Å². The Hall–Kier alpha value is -5.92. The van der Waals surface area contributed by atoms with Gasteiger partial charge in [0.15, 0.2) is 0 Å². The highest BCUT2D eigenvalue weighted by atomic mass is 16.3. The summed E-state index contributed by atoms with van der Waals surface area (Å²) in [6.45, 7) is 0. The third-order valence-electron chi connectivity index (χ3n) is 8.49. The van der Waals surface area contributed by atoms with E-state index >= 15 is 0 Å². The number of furan rings is 1. The summed E-state index contributed by atoms with van der Waals surface area (Å²) in [5.41, 5.74) is 6.30. The van der Waals surface area contributed by atoms with E-state index in [2.05, 4.69) is 0 Å². The number of hydrogen-bond acceptors (Lipinski definition) is 1. The third kappa shape index (κ3) is 4.17. The monoisotopic (exact) mass is 580 g/mol. The fraction of sp³-hybridized carbons (Fsp3) is 0. The van der Waals surface area contributed by atoms with E-state index in [0.717, 1.165) is 33.0 Å². The topological polar surface area (TPSA) is 13.1 Å². The van der Waals surface area contributed by atoms with Crippen molar-refractivity contribution >= 4 is 43.5 Å². The standard InChI is InChI=1S/C44H28O/c1-3-14-29(15-4-1)31-18-13-19-32(26-31)42-34-20-7-9-22-36(34)43(37-23-10-8-21-35(37)42)33-27-39(30-16-5-2-6-17-30)44-38-24-11-12-25-40(38)45-41(44)28-33/h1-28H/i7D,8D,9D,10D,20D,21D,22D,23D. The molecule has 1 heteroatoms. The molecule has 9 aromatic rings. The first kappa shape index (κ1) is 18.7. The van der Waals surface area contributed by atoms with Crippen molar-refractivity contribution in [2.45, 2.75) is 0 Å². The largest absolute Gasteiger partial charge is 0.456 e. The van der Waals surface area contributed by atoms with Crippen LogP contribution >= 0.6 is 0 Å². The predicted molar refractivity (Wildman–Crippen MR) is 190 cm³/mol. The first-order valence-corrected chi connectivity index (χ1v) is 14.8. The van der Waals surface area contributed by atoms with Crippen molar-refractivity contribution in [2.75, 3.05) is 0 Å². The molecule has 8 aromatic carbocycles. The van der Waals surface area contributed by atoms with E-state index in [1.165, 1.54) is 0 Å². The maximum Gasteiger partial charge on any atom is 0.136 e. The minimum atomic E-state index is -0.443. The van der Waals surface area contributed by atoms with Crippen LogP contribution in [-0.4, -0.2) is 0 Å². The molecule has 9 rings (SSSR count). The lowest BCUT2D eigenvalue weighted by Gasteiger charge is -2.19. The molecule has 0 aliphatic carbocycles. The molecular weight excluding hydrogens is 544 g/mol. The van der Waals surface area contributed by atoms with Crippen LogP contribution in [0.4, 0.5) is 0 Å². The zero-order valence-corrected chi connectivity index (χ0v) is 24.0. The first-order chi connectivity index (χ1) is 25.7. The molecule has 0 aliphatic heterocycles. The third-order valence-corrected chi connectivity index (χ3v) is 8.49. The predicted octanol–water partition coefficient (Wildman–Crippen LogP) is 12.6. The maximum absolute atomic E-state index is 9.41. The minimum absolute atomic E-state index is 0.156. The quantitative estimate of drug-likeness (QED) is 0.189. The van der Waals surface area contributed by atoms with E-state index in [-0.39, 0.29) is 51.3 Å². The lowest BCUT2D eigenvalue weighted by atomic mass is 9.84. The van der Waals surface area contributed by atoms with Crippen LogP contribution in [0.5, 0.6) is 0 Å². The van der Waals surface area contributed by atoms with E-state index < -0.39 is 24.2 Å². The Morgan fingerprint density at radius 1 is 0.378 bits per heavy atom. The first-order valence-electron chi connectivity index (χ1n) is 18.8. The summed E-state index contributed by atoms with van der Waals surface area (Å²) >= 11 is 0. The summed E-state index contributed by atoms with van der Waals surface area (Å²) in [6.07, 6.45) is 0. The summed E-state index contributed by atoms with van der Waals surface area (Å²) < 4.78 is 79.3. The zero-order chi connectivity index (χ0) is 36.7. The number of fused-ring (bicyclic) bond motifs is 5. The van der Waals surface area contributed by atoms with Crippen molar-refractivity contribution in [1.82, 2.24) is 0 Å². The molecular formula is C44H28O. The van der Waals surface area contributed by atoms with Crippen molar-refractivity contribution in [2.24, 2.45) is 0 Å². The second kappa shape index (κ2) is 10.4. The molecule has 210 valence electrons. The molecule has 0 spiro atoms. The van der Waals surface area contributed by atoms with Crippen molar-refractivity contribution in [1.29, 1.82) is 0 Å². The molecule has 0 amide bonds. The SMILES string of the molecule is [2H]c1c([2H])c([2H])c2c(-c3cc(-c4ccccc4)c4c(c3)oc3ccccc34)c3c([2H])c([2H])c([2H])c([2H])c3c(-c3cccc(-c4ccccc4)c3)c2c1[2H]. The van der Waals surface area contributed by atoms with Crippen LogP contribution in [0.15, 0.2) is 174 Å². The number of rotatable bonds is 4. The Bertz CT molecular complexity index is 2890. The molecule has 0 bridgehead atoms. The average Bonchev–Trinajstić information content (AvgIpc) is 3.58. The molecule has 0 N–H and O–H groups in total. The number of para-hydroxylation sites is 1. The van der Waals surface area contributed by atoms with Gasteiger partial charge >= 0.3 is 0 Å². The van der Waals surface area contributed by atoms with E-state index in [1.54, 1.807) is 0 Å². The van der Waals surface area contributed by atoms with Gasteiger partial charge in [0.2, 0.25) is 0 Å². The Labute approximate surface area is 272 Å². The van der Waals surface area contributed by atoms with Gasteiger partial charge < -0.3 is 4.42 Å². The average molecular weight is 581 g/mol. The van der Waals surface area contributed by atoms with Crippen molar-refractivity contribution in [3.8, 4) is 44.5 Å². The Morgan fingerprint density at radius 2 is 0.911 bits per heavy atom. The zero-order valence-electron chi connectivity index (χ0n) is 32.0. The van der Waals surface area contributed by atoms with Gasteiger partial charge in [-0.25, -0.2) is 0 Å². The summed E-state index contributed by atoms with van der Waals surface area (Å²) in [5, 5.41) is 2.41. The summed E-state index contributed by atoms with van der Waals surface area (Å²) in [4.78, 5) is 0. The summed E-state index contributed by atoms with van der Waals surface area (Å²) in [7, 11) is 0. The normalized spacial score (nSPS) is 14.0. The fourth-order valence-electron chi connectivity index (χ4n) is 6.53. The summed E-state index contributed by atoms with van der Waals surface area (Å²) in [5.74, 6) is 0. The Balaban J connectivity index is 1.53. The molecule has 1 aromatic heterocycles. The minimum Gasteiger partial charge on any atom is -0.456 e. The van der Waals surface area contributed by atoms with E-state index in [0.29, 0.717) is 27.9 Å². The van der Waals surface area contributed by atoms with E-state index in [1.807, 2.05) is 121 Å². The van der Waals surface area contributed by atoms with Crippen LogP contribution in [0.2, 0.25) is 0 Å². The maximum atomic E-state index is 9.41. The van der Waals surface area contributed by atoms with Gasteiger partial charge in [-0.3, -0.25) is 0 Å². The molecule has 0 fully saturated rings. The van der Waals surface area contributed by atoms with Gasteiger partial charge in [0, 0.05) is 10.8 Å². The van der Waals surface area contributed by atoms with Crippen molar-refractivity contribution < 1.29 is 15.4 Å². The highest BCUT2D eigenvalue weighted by molar-refractivity contribution is 6.23.